The van der Waals surface area contributed by atoms with E-state index in [0.717, 1.165) is 54.3 Å². The fourth-order valence-electron chi connectivity index (χ4n) is 3.83. The molecule has 0 radical (unpaired) electrons. The smallest absolute Gasteiger partial charge is 0.256 e. The summed E-state index contributed by atoms with van der Waals surface area (Å²) in [4.78, 5) is 13.2. The van der Waals surface area contributed by atoms with Crippen LogP contribution >= 0.6 is 0 Å². The second-order valence-electron chi connectivity index (χ2n) is 7.68. The SMILES string of the molecule is CCCOC1(C(=O)Nc2ccc(OC(C)C)c3ccccc23)CCCCC1. The Morgan fingerprint density at radius 1 is 1.07 bits per heavy atom. The zero-order valence-corrected chi connectivity index (χ0v) is 16.7. The number of rotatable bonds is 7. The Morgan fingerprint density at radius 3 is 2.44 bits per heavy atom. The Morgan fingerprint density at radius 2 is 1.78 bits per heavy atom. The number of ether oxygens (including phenoxy) is 2. The zero-order chi connectivity index (χ0) is 19.3. The molecule has 0 spiro atoms. The van der Waals surface area contributed by atoms with Crippen molar-refractivity contribution in [3.05, 3.63) is 36.4 Å². The average Bonchev–Trinajstić information content (AvgIpc) is 2.68. The summed E-state index contributed by atoms with van der Waals surface area (Å²) in [6, 6.07) is 11.9. The maximum atomic E-state index is 13.2. The molecule has 0 aromatic heterocycles. The molecule has 1 aliphatic carbocycles. The number of anilines is 1. The summed E-state index contributed by atoms with van der Waals surface area (Å²) >= 11 is 0. The molecule has 146 valence electrons. The molecule has 27 heavy (non-hydrogen) atoms. The lowest BCUT2D eigenvalue weighted by Gasteiger charge is -2.35. The molecule has 2 aromatic rings. The van der Waals surface area contributed by atoms with Crippen molar-refractivity contribution in [1.82, 2.24) is 0 Å². The molecular formula is C23H31NO3. The molecule has 4 heteroatoms. The maximum Gasteiger partial charge on any atom is 0.256 e. The first-order valence-electron chi connectivity index (χ1n) is 10.2. The van der Waals surface area contributed by atoms with E-state index >= 15 is 0 Å². The summed E-state index contributed by atoms with van der Waals surface area (Å²) in [6.07, 6.45) is 5.87. The lowest BCUT2D eigenvalue weighted by molar-refractivity contribution is -0.146. The van der Waals surface area contributed by atoms with E-state index in [0.29, 0.717) is 6.61 Å². The van der Waals surface area contributed by atoms with Gasteiger partial charge in [0.05, 0.1) is 6.10 Å². The average molecular weight is 370 g/mol. The van der Waals surface area contributed by atoms with Crippen molar-refractivity contribution in [1.29, 1.82) is 0 Å². The molecule has 0 aliphatic heterocycles. The van der Waals surface area contributed by atoms with Crippen LogP contribution in [0.3, 0.4) is 0 Å². The van der Waals surface area contributed by atoms with Crippen LogP contribution in [0.15, 0.2) is 36.4 Å². The van der Waals surface area contributed by atoms with E-state index in [4.69, 9.17) is 9.47 Å². The van der Waals surface area contributed by atoms with E-state index in [1.807, 2.05) is 50.2 Å². The molecular weight excluding hydrogens is 338 g/mol. The lowest BCUT2D eigenvalue weighted by atomic mass is 9.83. The quantitative estimate of drug-likeness (QED) is 0.681. The third-order valence-corrected chi connectivity index (χ3v) is 5.15. The van der Waals surface area contributed by atoms with Crippen LogP contribution in [0.4, 0.5) is 5.69 Å². The number of fused-ring (bicyclic) bond motifs is 1. The minimum Gasteiger partial charge on any atom is -0.490 e. The van der Waals surface area contributed by atoms with Gasteiger partial charge in [0.25, 0.3) is 5.91 Å². The van der Waals surface area contributed by atoms with Crippen LogP contribution < -0.4 is 10.1 Å². The Hall–Kier alpha value is -2.07. The predicted octanol–water partition coefficient (Wildman–Crippen LogP) is 5.70. The van der Waals surface area contributed by atoms with Gasteiger partial charge in [0.2, 0.25) is 0 Å². The topological polar surface area (TPSA) is 47.6 Å². The zero-order valence-electron chi connectivity index (χ0n) is 16.7. The molecule has 1 fully saturated rings. The van der Waals surface area contributed by atoms with Crippen molar-refractivity contribution in [2.24, 2.45) is 0 Å². The standard InChI is InChI=1S/C23H31NO3/c1-4-16-26-23(14-8-5-9-15-23)22(25)24-20-12-13-21(27-17(2)3)19-11-7-6-10-18(19)20/h6-7,10-13,17H,4-5,8-9,14-16H2,1-3H3,(H,24,25). The van der Waals surface area contributed by atoms with Crippen molar-refractivity contribution < 1.29 is 14.3 Å². The summed E-state index contributed by atoms with van der Waals surface area (Å²) in [5, 5.41) is 5.17. The Labute approximate surface area is 162 Å². The molecule has 2 aromatic carbocycles. The Bertz CT molecular complexity index is 778. The van der Waals surface area contributed by atoms with E-state index < -0.39 is 5.60 Å². The normalized spacial score (nSPS) is 16.4. The number of carbonyl (C=O) groups is 1. The Balaban J connectivity index is 1.90. The van der Waals surface area contributed by atoms with Gasteiger partial charge in [-0.1, -0.05) is 50.5 Å². The van der Waals surface area contributed by atoms with E-state index in [-0.39, 0.29) is 12.0 Å². The third-order valence-electron chi connectivity index (χ3n) is 5.15. The summed E-state index contributed by atoms with van der Waals surface area (Å²) in [5.41, 5.74) is 0.124. The van der Waals surface area contributed by atoms with Crippen LogP contribution in [0.25, 0.3) is 10.8 Å². The van der Waals surface area contributed by atoms with Gasteiger partial charge in [0.15, 0.2) is 0 Å². The van der Waals surface area contributed by atoms with Crippen LogP contribution in [-0.4, -0.2) is 24.2 Å². The van der Waals surface area contributed by atoms with Crippen molar-refractivity contribution in [2.45, 2.75) is 71.0 Å². The van der Waals surface area contributed by atoms with E-state index in [9.17, 15) is 4.79 Å². The molecule has 0 saturated heterocycles. The van der Waals surface area contributed by atoms with Gasteiger partial charge >= 0.3 is 0 Å². The largest absolute Gasteiger partial charge is 0.490 e. The Kier molecular flexibility index (Phi) is 6.38. The minimum atomic E-state index is -0.692. The van der Waals surface area contributed by atoms with Gasteiger partial charge in [0, 0.05) is 23.1 Å². The van der Waals surface area contributed by atoms with Crippen molar-refractivity contribution in [2.75, 3.05) is 11.9 Å². The monoisotopic (exact) mass is 369 g/mol. The van der Waals surface area contributed by atoms with E-state index in [1.54, 1.807) is 0 Å². The first-order valence-corrected chi connectivity index (χ1v) is 10.2. The first-order chi connectivity index (χ1) is 13.1. The highest BCUT2D eigenvalue weighted by Crippen LogP contribution is 2.36. The lowest BCUT2D eigenvalue weighted by Crippen LogP contribution is -2.47. The molecule has 0 atom stereocenters. The summed E-state index contributed by atoms with van der Waals surface area (Å²) in [5.74, 6) is 0.826. The number of hydrogen-bond acceptors (Lipinski definition) is 3. The fourth-order valence-corrected chi connectivity index (χ4v) is 3.83. The molecule has 1 aliphatic rings. The van der Waals surface area contributed by atoms with E-state index in [2.05, 4.69) is 12.2 Å². The second kappa shape index (κ2) is 8.75. The highest BCUT2D eigenvalue weighted by molar-refractivity contribution is 6.06. The van der Waals surface area contributed by atoms with Crippen molar-refractivity contribution >= 4 is 22.4 Å². The number of amides is 1. The maximum absolute atomic E-state index is 13.2. The molecule has 4 nitrogen and oxygen atoms in total. The van der Waals surface area contributed by atoms with Gasteiger partial charge < -0.3 is 14.8 Å². The second-order valence-corrected chi connectivity index (χ2v) is 7.68. The molecule has 1 saturated carbocycles. The molecule has 0 unspecified atom stereocenters. The molecule has 0 heterocycles. The highest BCUT2D eigenvalue weighted by atomic mass is 16.5. The summed E-state index contributed by atoms with van der Waals surface area (Å²) < 4.78 is 12.0. The number of hydrogen-bond donors (Lipinski definition) is 1. The molecule has 3 rings (SSSR count). The van der Waals surface area contributed by atoms with Gasteiger partial charge in [0.1, 0.15) is 11.4 Å². The fraction of sp³-hybridized carbons (Fsp3) is 0.522. The van der Waals surface area contributed by atoms with Crippen LogP contribution in [0.2, 0.25) is 0 Å². The van der Waals surface area contributed by atoms with Gasteiger partial charge in [-0.2, -0.15) is 0 Å². The molecule has 1 amide bonds. The first kappa shape index (κ1) is 19.7. The highest BCUT2D eigenvalue weighted by Gasteiger charge is 2.40. The minimum absolute atomic E-state index is 0.0154. The number of benzene rings is 2. The van der Waals surface area contributed by atoms with Gasteiger partial charge in [-0.25, -0.2) is 0 Å². The number of carbonyl (C=O) groups excluding carboxylic acids is 1. The third kappa shape index (κ3) is 4.44. The van der Waals surface area contributed by atoms with Crippen molar-refractivity contribution in [3.8, 4) is 5.75 Å². The number of nitrogens with one attached hydrogen (secondary N) is 1. The van der Waals surface area contributed by atoms with Crippen molar-refractivity contribution in [3.63, 3.8) is 0 Å². The van der Waals surface area contributed by atoms with Gasteiger partial charge in [-0.3, -0.25) is 4.79 Å². The molecule has 1 N–H and O–H groups in total. The van der Waals surface area contributed by atoms with E-state index in [1.165, 1.54) is 6.42 Å². The summed E-state index contributed by atoms with van der Waals surface area (Å²) in [7, 11) is 0. The van der Waals surface area contributed by atoms with Crippen LogP contribution in [0.5, 0.6) is 5.75 Å². The summed E-state index contributed by atoms with van der Waals surface area (Å²) in [6.45, 7) is 6.73. The molecule has 0 bridgehead atoms. The van der Waals surface area contributed by atoms with Crippen LogP contribution in [0.1, 0.15) is 59.3 Å². The van der Waals surface area contributed by atoms with Crippen LogP contribution in [0, 0.1) is 0 Å². The van der Waals surface area contributed by atoms with Gasteiger partial charge in [-0.15, -0.1) is 0 Å². The van der Waals surface area contributed by atoms with Crippen LogP contribution in [-0.2, 0) is 9.53 Å². The van der Waals surface area contributed by atoms with Gasteiger partial charge in [-0.05, 0) is 45.2 Å². The predicted molar refractivity (Wildman–Crippen MR) is 110 cm³/mol.